The largest absolute Gasteiger partial charge is 0.497 e. The second-order valence-corrected chi connectivity index (χ2v) is 5.90. The number of ether oxygens (including phenoxy) is 1. The lowest BCUT2D eigenvalue weighted by atomic mass is 10.2. The van der Waals surface area contributed by atoms with Gasteiger partial charge in [-0.1, -0.05) is 6.07 Å². The van der Waals surface area contributed by atoms with E-state index in [2.05, 4.69) is 15.5 Å². The van der Waals surface area contributed by atoms with Crippen LogP contribution < -0.4 is 15.9 Å². The molecular formula is C16H22Cl2N4O2S. The van der Waals surface area contributed by atoms with E-state index in [-0.39, 0.29) is 30.7 Å². The minimum Gasteiger partial charge on any atom is -0.497 e. The number of rotatable bonds is 7. The summed E-state index contributed by atoms with van der Waals surface area (Å²) < 4.78 is 5.18. The summed E-state index contributed by atoms with van der Waals surface area (Å²) in [4.78, 5) is 16.2. The molecule has 2 aromatic rings. The first-order valence-electron chi connectivity index (χ1n) is 7.16. The van der Waals surface area contributed by atoms with Crippen molar-refractivity contribution in [3.8, 4) is 5.75 Å². The lowest BCUT2D eigenvalue weighted by Crippen LogP contribution is -2.38. The molecule has 0 saturated carbocycles. The van der Waals surface area contributed by atoms with Crippen molar-refractivity contribution in [2.75, 3.05) is 19.1 Å². The highest BCUT2D eigenvalue weighted by Gasteiger charge is 2.11. The van der Waals surface area contributed by atoms with Gasteiger partial charge in [0.1, 0.15) is 5.75 Å². The third-order valence-electron chi connectivity index (χ3n) is 3.26. The number of amides is 1. The zero-order valence-electron chi connectivity index (χ0n) is 14.0. The molecule has 6 nitrogen and oxygen atoms in total. The van der Waals surface area contributed by atoms with Crippen LogP contribution in [0.5, 0.6) is 5.75 Å². The van der Waals surface area contributed by atoms with E-state index in [4.69, 9.17) is 10.5 Å². The first-order chi connectivity index (χ1) is 11.1. The van der Waals surface area contributed by atoms with Crippen molar-refractivity contribution in [3.05, 3.63) is 36.0 Å². The average Bonchev–Trinajstić information content (AvgIpc) is 2.58. The number of methoxy groups -OCH3 is 1. The normalized spacial score (nSPS) is 11.5. The van der Waals surface area contributed by atoms with Gasteiger partial charge in [-0.3, -0.25) is 4.79 Å². The number of carbonyl (C=O) groups is 1. The number of fused-ring (bicyclic) bond motifs is 1. The van der Waals surface area contributed by atoms with E-state index in [0.29, 0.717) is 12.1 Å². The van der Waals surface area contributed by atoms with Gasteiger partial charge in [-0.2, -0.15) is 16.9 Å². The van der Waals surface area contributed by atoms with E-state index in [0.717, 1.165) is 22.4 Å². The number of hydrogen-bond acceptors (Lipinski definition) is 6. The molecule has 2 rings (SSSR count). The summed E-state index contributed by atoms with van der Waals surface area (Å²) in [5.74, 6) is 1.33. The number of nitrogens with two attached hydrogens (primary N) is 1. The number of benzene rings is 1. The maximum atomic E-state index is 11.7. The van der Waals surface area contributed by atoms with Crippen LogP contribution in [0.25, 0.3) is 10.9 Å². The standard InChI is InChI=1S/C16H20N4O2S.2ClH/c1-22-13-5-6-15-11(9-13)3-4-12(19-15)10-18-20-16(21)14(17)7-8-23-2;;/h3-6,9-10,14H,7-8,17H2,1-2H3,(H,20,21);2*1H/b18-10+;;/t14-;;/m0../s1. The quantitative estimate of drug-likeness (QED) is 0.546. The summed E-state index contributed by atoms with van der Waals surface area (Å²) in [6.07, 6.45) is 4.10. The second kappa shape index (κ2) is 11.9. The van der Waals surface area contributed by atoms with Gasteiger partial charge >= 0.3 is 0 Å². The molecule has 0 radical (unpaired) electrons. The van der Waals surface area contributed by atoms with Gasteiger partial charge in [0.25, 0.3) is 5.91 Å². The number of halogens is 2. The predicted molar refractivity (Wildman–Crippen MR) is 110 cm³/mol. The summed E-state index contributed by atoms with van der Waals surface area (Å²) >= 11 is 1.65. The Kier molecular flexibility index (Phi) is 11.2. The summed E-state index contributed by atoms with van der Waals surface area (Å²) in [6, 6.07) is 8.85. The summed E-state index contributed by atoms with van der Waals surface area (Å²) in [6.45, 7) is 0. The van der Waals surface area contributed by atoms with Crippen LogP contribution >= 0.6 is 36.6 Å². The molecule has 1 heterocycles. The van der Waals surface area contributed by atoms with Crippen LogP contribution in [0.3, 0.4) is 0 Å². The molecule has 1 amide bonds. The highest BCUT2D eigenvalue weighted by molar-refractivity contribution is 7.98. The smallest absolute Gasteiger partial charge is 0.256 e. The number of nitrogens with zero attached hydrogens (tertiary/aromatic N) is 2. The third kappa shape index (κ3) is 7.07. The predicted octanol–water partition coefficient (Wildman–Crippen LogP) is 2.62. The van der Waals surface area contributed by atoms with Crippen LogP contribution in [0.15, 0.2) is 35.4 Å². The maximum absolute atomic E-state index is 11.7. The van der Waals surface area contributed by atoms with Crippen molar-refractivity contribution in [2.45, 2.75) is 12.5 Å². The van der Waals surface area contributed by atoms with Gasteiger partial charge in [-0.05, 0) is 42.7 Å². The number of aromatic nitrogens is 1. The number of thioether (sulfide) groups is 1. The highest BCUT2D eigenvalue weighted by Crippen LogP contribution is 2.19. The van der Waals surface area contributed by atoms with Gasteiger partial charge in [0.05, 0.1) is 30.6 Å². The number of hydrazone groups is 1. The van der Waals surface area contributed by atoms with Crippen molar-refractivity contribution >= 4 is 59.6 Å². The Labute approximate surface area is 163 Å². The van der Waals surface area contributed by atoms with Gasteiger partial charge in [0.15, 0.2) is 0 Å². The molecule has 1 atom stereocenters. The molecule has 0 saturated heterocycles. The monoisotopic (exact) mass is 404 g/mol. The first kappa shape index (κ1) is 23.5. The van der Waals surface area contributed by atoms with Gasteiger partial charge in [0, 0.05) is 5.39 Å². The van der Waals surface area contributed by atoms with Crippen LogP contribution in [0.2, 0.25) is 0 Å². The molecule has 1 aromatic carbocycles. The Morgan fingerprint density at radius 2 is 2.16 bits per heavy atom. The van der Waals surface area contributed by atoms with E-state index >= 15 is 0 Å². The molecule has 1 aromatic heterocycles. The van der Waals surface area contributed by atoms with E-state index in [9.17, 15) is 4.79 Å². The van der Waals surface area contributed by atoms with Crippen molar-refractivity contribution in [3.63, 3.8) is 0 Å². The van der Waals surface area contributed by atoms with Crippen LogP contribution in [-0.2, 0) is 4.79 Å². The first-order valence-corrected chi connectivity index (χ1v) is 8.55. The van der Waals surface area contributed by atoms with Crippen LogP contribution in [0.1, 0.15) is 12.1 Å². The molecule has 0 fully saturated rings. The molecule has 9 heteroatoms. The van der Waals surface area contributed by atoms with Crippen molar-refractivity contribution < 1.29 is 9.53 Å². The van der Waals surface area contributed by atoms with Gasteiger partial charge in [-0.15, -0.1) is 24.8 Å². The molecular weight excluding hydrogens is 383 g/mol. The minimum atomic E-state index is -0.545. The van der Waals surface area contributed by atoms with Crippen LogP contribution in [-0.4, -0.2) is 42.3 Å². The maximum Gasteiger partial charge on any atom is 0.256 e. The molecule has 0 aliphatic rings. The molecule has 0 aliphatic heterocycles. The number of nitrogens with one attached hydrogen (secondary N) is 1. The second-order valence-electron chi connectivity index (χ2n) is 4.92. The van der Waals surface area contributed by atoms with Crippen LogP contribution in [0.4, 0.5) is 0 Å². The molecule has 0 bridgehead atoms. The number of pyridine rings is 1. The van der Waals surface area contributed by atoms with Gasteiger partial charge in [0.2, 0.25) is 0 Å². The lowest BCUT2D eigenvalue weighted by molar-refractivity contribution is -0.122. The Bertz CT molecular complexity index is 716. The average molecular weight is 405 g/mol. The summed E-state index contributed by atoms with van der Waals surface area (Å²) in [5.41, 5.74) is 9.68. The van der Waals surface area contributed by atoms with E-state index in [1.807, 2.05) is 36.6 Å². The molecule has 3 N–H and O–H groups in total. The Balaban J connectivity index is 0.00000288. The minimum absolute atomic E-state index is 0. The van der Waals surface area contributed by atoms with Gasteiger partial charge < -0.3 is 10.5 Å². The molecule has 0 unspecified atom stereocenters. The number of hydrogen-bond donors (Lipinski definition) is 2. The number of carbonyl (C=O) groups excluding carboxylic acids is 1. The third-order valence-corrected chi connectivity index (χ3v) is 3.90. The highest BCUT2D eigenvalue weighted by atomic mass is 35.5. The zero-order valence-corrected chi connectivity index (χ0v) is 16.4. The lowest BCUT2D eigenvalue weighted by Gasteiger charge is -2.08. The Morgan fingerprint density at radius 1 is 1.40 bits per heavy atom. The van der Waals surface area contributed by atoms with E-state index in [1.54, 1.807) is 18.9 Å². The zero-order chi connectivity index (χ0) is 16.7. The van der Waals surface area contributed by atoms with E-state index in [1.165, 1.54) is 6.21 Å². The fraction of sp³-hybridized carbons (Fsp3) is 0.312. The molecule has 138 valence electrons. The fourth-order valence-electron chi connectivity index (χ4n) is 1.94. The van der Waals surface area contributed by atoms with E-state index < -0.39 is 6.04 Å². The summed E-state index contributed by atoms with van der Waals surface area (Å²) in [7, 11) is 1.63. The Morgan fingerprint density at radius 3 is 2.84 bits per heavy atom. The van der Waals surface area contributed by atoms with Crippen molar-refractivity contribution in [1.82, 2.24) is 10.4 Å². The fourth-order valence-corrected chi connectivity index (χ4v) is 2.43. The molecule has 0 spiro atoms. The van der Waals surface area contributed by atoms with Crippen molar-refractivity contribution in [2.24, 2.45) is 10.8 Å². The molecule has 25 heavy (non-hydrogen) atoms. The van der Waals surface area contributed by atoms with Gasteiger partial charge in [-0.25, -0.2) is 10.4 Å². The summed E-state index contributed by atoms with van der Waals surface area (Å²) in [5, 5.41) is 4.89. The van der Waals surface area contributed by atoms with Crippen molar-refractivity contribution in [1.29, 1.82) is 0 Å². The Hall–Kier alpha value is -1.54. The molecule has 0 aliphatic carbocycles. The SMILES string of the molecule is COc1ccc2nc(/C=N/NC(=O)[C@@H](N)CCSC)ccc2c1.Cl.Cl. The topological polar surface area (TPSA) is 89.6 Å². The van der Waals surface area contributed by atoms with Crippen LogP contribution in [0, 0.1) is 0 Å².